The van der Waals surface area contributed by atoms with Crippen LogP contribution in [0.4, 0.5) is 11.8 Å². The summed E-state index contributed by atoms with van der Waals surface area (Å²) in [5, 5.41) is 14.1. The van der Waals surface area contributed by atoms with Crippen molar-refractivity contribution in [2.45, 2.75) is 19.4 Å². The van der Waals surface area contributed by atoms with Crippen LogP contribution in [-0.2, 0) is 0 Å². The van der Waals surface area contributed by atoms with Crippen LogP contribution in [-0.4, -0.2) is 41.3 Å². The first-order valence-electron chi connectivity index (χ1n) is 7.06. The highest BCUT2D eigenvalue weighted by Gasteiger charge is 2.26. The third kappa shape index (κ3) is 2.29. The van der Waals surface area contributed by atoms with Crippen LogP contribution in [0, 0.1) is 5.92 Å². The number of fused-ring (bicyclic) bond motifs is 1. The zero-order valence-electron chi connectivity index (χ0n) is 11.9. The molecule has 1 aliphatic rings. The summed E-state index contributed by atoms with van der Waals surface area (Å²) in [4.78, 5) is 11.2. The van der Waals surface area contributed by atoms with Crippen molar-refractivity contribution in [3.63, 3.8) is 0 Å². The van der Waals surface area contributed by atoms with Crippen LogP contribution in [0.5, 0.6) is 0 Å². The predicted octanol–water partition coefficient (Wildman–Crippen LogP) is 1.88. The van der Waals surface area contributed by atoms with Gasteiger partial charge >= 0.3 is 0 Å². The van der Waals surface area contributed by atoms with E-state index in [1.165, 1.54) is 0 Å². The first-order chi connectivity index (χ1) is 9.69. The van der Waals surface area contributed by atoms with E-state index in [9.17, 15) is 5.11 Å². The number of para-hydroxylation sites is 1. The fraction of sp³-hybridized carbons (Fsp3) is 0.467. The highest BCUT2D eigenvalue weighted by molar-refractivity contribution is 5.90. The molecule has 5 nitrogen and oxygen atoms in total. The molecule has 2 heterocycles. The number of benzene rings is 1. The summed E-state index contributed by atoms with van der Waals surface area (Å²) in [5.74, 6) is 1.88. The maximum atomic E-state index is 10.1. The lowest BCUT2D eigenvalue weighted by Crippen LogP contribution is -2.43. The fourth-order valence-corrected chi connectivity index (χ4v) is 2.65. The summed E-state index contributed by atoms with van der Waals surface area (Å²) in [6, 6.07) is 8.00. The predicted molar refractivity (Wildman–Crippen MR) is 81.1 cm³/mol. The summed E-state index contributed by atoms with van der Waals surface area (Å²) >= 11 is 0. The highest BCUT2D eigenvalue weighted by Crippen LogP contribution is 2.28. The van der Waals surface area contributed by atoms with E-state index < -0.39 is 0 Å². The number of aliphatic hydroxyl groups is 1. The second-order valence-corrected chi connectivity index (χ2v) is 5.42. The number of hydrogen-bond donors (Lipinski definition) is 2. The van der Waals surface area contributed by atoms with Gasteiger partial charge in [0, 0.05) is 25.5 Å². The van der Waals surface area contributed by atoms with Gasteiger partial charge in [0.15, 0.2) is 0 Å². The maximum Gasteiger partial charge on any atom is 0.224 e. The van der Waals surface area contributed by atoms with Gasteiger partial charge in [0.05, 0.1) is 11.6 Å². The van der Waals surface area contributed by atoms with Gasteiger partial charge in [-0.15, -0.1) is 0 Å². The molecule has 0 bridgehead atoms. The van der Waals surface area contributed by atoms with Crippen molar-refractivity contribution < 1.29 is 5.11 Å². The van der Waals surface area contributed by atoms with Gasteiger partial charge in [-0.1, -0.05) is 19.1 Å². The molecule has 2 unspecified atom stereocenters. The molecule has 1 fully saturated rings. The average Bonchev–Trinajstić information content (AvgIpc) is 2.49. The third-order valence-electron chi connectivity index (χ3n) is 4.02. The van der Waals surface area contributed by atoms with Gasteiger partial charge in [-0.2, -0.15) is 4.98 Å². The number of anilines is 2. The number of β-amino-alcohol motifs (C(OH)–C–C–N with tert-alkyl or cyclic N) is 1. The van der Waals surface area contributed by atoms with E-state index in [0.29, 0.717) is 18.4 Å². The standard InChI is InChI=1S/C15H20N4O/c1-10-7-8-19(9-13(10)20)14-11-5-3-4-6-12(11)17-15(16-2)18-14/h3-6,10,13,20H,7-9H2,1-2H3,(H,16,17,18). The molecule has 106 valence electrons. The summed E-state index contributed by atoms with van der Waals surface area (Å²) < 4.78 is 0. The van der Waals surface area contributed by atoms with Gasteiger partial charge in [-0.05, 0) is 24.5 Å². The van der Waals surface area contributed by atoms with Crippen LogP contribution in [0.3, 0.4) is 0 Å². The van der Waals surface area contributed by atoms with Crippen molar-refractivity contribution in [1.29, 1.82) is 0 Å². The molecule has 5 heteroatoms. The van der Waals surface area contributed by atoms with Crippen LogP contribution in [0.1, 0.15) is 13.3 Å². The monoisotopic (exact) mass is 272 g/mol. The van der Waals surface area contributed by atoms with Crippen LogP contribution >= 0.6 is 0 Å². The minimum Gasteiger partial charge on any atom is -0.391 e. The Morgan fingerprint density at radius 2 is 2.10 bits per heavy atom. The van der Waals surface area contributed by atoms with Crippen molar-refractivity contribution >= 4 is 22.7 Å². The van der Waals surface area contributed by atoms with Gasteiger partial charge in [-0.3, -0.25) is 0 Å². The molecular formula is C15H20N4O. The molecule has 0 radical (unpaired) electrons. The first-order valence-corrected chi connectivity index (χ1v) is 7.06. The lowest BCUT2D eigenvalue weighted by molar-refractivity contribution is 0.103. The molecule has 0 amide bonds. The Bertz CT molecular complexity index is 616. The molecule has 20 heavy (non-hydrogen) atoms. The SMILES string of the molecule is CNc1nc(N2CCC(C)C(O)C2)c2ccccc2n1. The minimum absolute atomic E-state index is 0.296. The van der Waals surface area contributed by atoms with Crippen LogP contribution in [0.25, 0.3) is 10.9 Å². The highest BCUT2D eigenvalue weighted by atomic mass is 16.3. The van der Waals surface area contributed by atoms with E-state index >= 15 is 0 Å². The first kappa shape index (κ1) is 13.1. The van der Waals surface area contributed by atoms with Gasteiger partial charge in [-0.25, -0.2) is 4.98 Å². The Morgan fingerprint density at radius 3 is 2.85 bits per heavy atom. The normalized spacial score (nSPS) is 23.1. The Balaban J connectivity index is 2.05. The number of aromatic nitrogens is 2. The minimum atomic E-state index is -0.296. The molecule has 0 spiro atoms. The molecule has 2 N–H and O–H groups in total. The van der Waals surface area contributed by atoms with E-state index in [4.69, 9.17) is 0 Å². The fourth-order valence-electron chi connectivity index (χ4n) is 2.65. The summed E-state index contributed by atoms with van der Waals surface area (Å²) in [5.41, 5.74) is 0.926. The lowest BCUT2D eigenvalue weighted by atomic mass is 9.96. The molecule has 2 aromatic rings. The largest absolute Gasteiger partial charge is 0.391 e. The Morgan fingerprint density at radius 1 is 1.30 bits per heavy atom. The lowest BCUT2D eigenvalue weighted by Gasteiger charge is -2.35. The van der Waals surface area contributed by atoms with Crippen LogP contribution in [0.2, 0.25) is 0 Å². The van der Waals surface area contributed by atoms with E-state index in [-0.39, 0.29) is 6.10 Å². The maximum absolute atomic E-state index is 10.1. The van der Waals surface area contributed by atoms with Crippen LogP contribution < -0.4 is 10.2 Å². The summed E-state index contributed by atoms with van der Waals surface area (Å²) in [7, 11) is 1.82. The van der Waals surface area contributed by atoms with E-state index in [1.54, 1.807) is 0 Å². The number of nitrogens with one attached hydrogen (secondary N) is 1. The summed E-state index contributed by atoms with van der Waals surface area (Å²) in [6.45, 7) is 3.65. The topological polar surface area (TPSA) is 61.3 Å². The molecular weight excluding hydrogens is 252 g/mol. The van der Waals surface area contributed by atoms with Crippen molar-refractivity contribution in [3.8, 4) is 0 Å². The van der Waals surface area contributed by atoms with Gasteiger partial charge in [0.1, 0.15) is 5.82 Å². The quantitative estimate of drug-likeness (QED) is 0.874. The van der Waals surface area contributed by atoms with E-state index in [0.717, 1.165) is 29.7 Å². The van der Waals surface area contributed by atoms with Gasteiger partial charge < -0.3 is 15.3 Å². The molecule has 0 aliphatic carbocycles. The third-order valence-corrected chi connectivity index (χ3v) is 4.02. The molecule has 2 atom stereocenters. The van der Waals surface area contributed by atoms with Crippen LogP contribution in [0.15, 0.2) is 24.3 Å². The number of piperidine rings is 1. The smallest absolute Gasteiger partial charge is 0.224 e. The Hall–Kier alpha value is -1.88. The zero-order valence-corrected chi connectivity index (χ0v) is 11.9. The molecule has 3 rings (SSSR count). The van der Waals surface area contributed by atoms with Gasteiger partial charge in [0.2, 0.25) is 5.95 Å². The van der Waals surface area contributed by atoms with Crippen molar-refractivity contribution in [1.82, 2.24) is 9.97 Å². The molecule has 1 saturated heterocycles. The van der Waals surface area contributed by atoms with Gasteiger partial charge in [0.25, 0.3) is 0 Å². The number of aliphatic hydroxyl groups excluding tert-OH is 1. The number of nitrogens with zero attached hydrogens (tertiary/aromatic N) is 3. The van der Waals surface area contributed by atoms with Crippen molar-refractivity contribution in [2.75, 3.05) is 30.4 Å². The second kappa shape index (κ2) is 5.25. The van der Waals surface area contributed by atoms with E-state index in [2.05, 4.69) is 27.1 Å². The number of rotatable bonds is 2. The Kier molecular flexibility index (Phi) is 3.44. The van der Waals surface area contributed by atoms with Crippen molar-refractivity contribution in [2.24, 2.45) is 5.92 Å². The second-order valence-electron chi connectivity index (χ2n) is 5.42. The molecule has 1 aliphatic heterocycles. The van der Waals surface area contributed by atoms with E-state index in [1.807, 2.05) is 31.3 Å². The summed E-state index contributed by atoms with van der Waals surface area (Å²) in [6.07, 6.45) is 0.685. The number of hydrogen-bond acceptors (Lipinski definition) is 5. The molecule has 1 aromatic heterocycles. The van der Waals surface area contributed by atoms with Crippen molar-refractivity contribution in [3.05, 3.63) is 24.3 Å². The molecule has 0 saturated carbocycles. The Labute approximate surface area is 118 Å². The molecule has 1 aromatic carbocycles. The average molecular weight is 272 g/mol. The zero-order chi connectivity index (χ0) is 14.1.